The first-order valence-electron chi connectivity index (χ1n) is 9.43. The van der Waals surface area contributed by atoms with Crippen LogP contribution in [-0.2, 0) is 31.7 Å². The number of rotatable bonds is 3. The molecule has 3 aromatic rings. The van der Waals surface area contributed by atoms with Gasteiger partial charge in [-0.15, -0.1) is 0 Å². The van der Waals surface area contributed by atoms with Gasteiger partial charge in [0, 0.05) is 17.0 Å². The number of fused-ring (bicyclic) bond motifs is 1. The molecule has 0 saturated heterocycles. The first-order valence-corrected chi connectivity index (χ1v) is 9.43. The summed E-state index contributed by atoms with van der Waals surface area (Å²) in [4.78, 5) is 0. The maximum Gasteiger partial charge on any atom is 0.435 e. The highest BCUT2D eigenvalue weighted by Gasteiger charge is 2.39. The Kier molecular flexibility index (Phi) is 4.90. The van der Waals surface area contributed by atoms with Gasteiger partial charge in [0.15, 0.2) is 11.4 Å². The first kappa shape index (κ1) is 20.5. The topological polar surface area (TPSA) is 35.6 Å². The quantitative estimate of drug-likeness (QED) is 0.528. The fraction of sp³-hybridized carbons (Fsp3) is 0.400. The average Bonchev–Trinajstić information content (AvgIpc) is 3.23. The summed E-state index contributed by atoms with van der Waals surface area (Å²) in [6.45, 7) is 1.65. The van der Waals surface area contributed by atoms with Crippen molar-refractivity contribution in [2.75, 3.05) is 0 Å². The van der Waals surface area contributed by atoms with Crippen LogP contribution in [0.5, 0.6) is 0 Å². The van der Waals surface area contributed by atoms with E-state index in [0.717, 1.165) is 12.5 Å². The van der Waals surface area contributed by atoms with Gasteiger partial charge in [0.25, 0.3) is 0 Å². The van der Waals surface area contributed by atoms with E-state index in [1.54, 1.807) is 24.3 Å². The van der Waals surface area contributed by atoms with E-state index in [4.69, 9.17) is 0 Å². The van der Waals surface area contributed by atoms with E-state index in [1.165, 1.54) is 16.3 Å². The molecular formula is C20H18F6N4. The summed E-state index contributed by atoms with van der Waals surface area (Å²) in [7, 11) is 0. The number of hydrogen-bond acceptors (Lipinski definition) is 2. The Balaban J connectivity index is 1.62. The lowest BCUT2D eigenvalue weighted by Crippen LogP contribution is -2.11. The van der Waals surface area contributed by atoms with Gasteiger partial charge in [0.2, 0.25) is 0 Å². The minimum atomic E-state index is -4.52. The van der Waals surface area contributed by atoms with Crippen molar-refractivity contribution < 1.29 is 26.3 Å². The van der Waals surface area contributed by atoms with Crippen LogP contribution in [0.15, 0.2) is 30.3 Å². The second-order valence-electron chi connectivity index (χ2n) is 7.38. The molecule has 0 bridgehead atoms. The van der Waals surface area contributed by atoms with Crippen molar-refractivity contribution in [2.45, 2.75) is 51.5 Å². The van der Waals surface area contributed by atoms with Crippen LogP contribution in [0.3, 0.4) is 0 Å². The van der Waals surface area contributed by atoms with Gasteiger partial charge in [0.05, 0.1) is 12.2 Å². The average molecular weight is 428 g/mol. The van der Waals surface area contributed by atoms with Crippen molar-refractivity contribution in [3.8, 4) is 5.69 Å². The molecule has 2 aromatic heterocycles. The maximum absolute atomic E-state index is 13.4. The Labute approximate surface area is 168 Å². The zero-order chi connectivity index (χ0) is 21.7. The van der Waals surface area contributed by atoms with Crippen LogP contribution in [0.1, 0.15) is 46.7 Å². The summed E-state index contributed by atoms with van der Waals surface area (Å²) in [6, 6.07) is 7.55. The number of hydrogen-bond donors (Lipinski definition) is 0. The molecule has 30 heavy (non-hydrogen) atoms. The van der Waals surface area contributed by atoms with Crippen molar-refractivity contribution in [1.29, 1.82) is 0 Å². The Morgan fingerprint density at radius 3 is 2.17 bits per heavy atom. The second-order valence-corrected chi connectivity index (χ2v) is 7.38. The van der Waals surface area contributed by atoms with Crippen LogP contribution in [0, 0.1) is 6.92 Å². The van der Waals surface area contributed by atoms with E-state index < -0.39 is 23.7 Å². The summed E-state index contributed by atoms with van der Waals surface area (Å²) < 4.78 is 81.1. The zero-order valence-electron chi connectivity index (χ0n) is 16.0. The molecule has 1 aliphatic rings. The molecule has 10 heteroatoms. The summed E-state index contributed by atoms with van der Waals surface area (Å²) in [5.74, 6) is 0. The lowest BCUT2D eigenvalue weighted by molar-refractivity contribution is -0.142. The van der Waals surface area contributed by atoms with Crippen molar-refractivity contribution in [2.24, 2.45) is 0 Å². The van der Waals surface area contributed by atoms with Gasteiger partial charge in [-0.05, 0) is 56.4 Å². The predicted octanol–water partition coefficient (Wildman–Crippen LogP) is 5.34. The number of benzene rings is 1. The largest absolute Gasteiger partial charge is 0.435 e. The highest BCUT2D eigenvalue weighted by Crippen LogP contribution is 2.37. The number of aromatic nitrogens is 4. The Morgan fingerprint density at radius 2 is 1.57 bits per heavy atom. The minimum Gasteiger partial charge on any atom is -0.265 e. The standard InChI is InChI=1S/C20H18F6N4/c1-12-10-17(19(21,22)23)27-29(12)11-13-6-8-14(9-7-13)30-16-5-3-2-4-15(16)18(28-30)20(24,25)26/h6-10H,2-5,11H2,1H3. The third kappa shape index (κ3) is 3.82. The van der Waals surface area contributed by atoms with Crippen molar-refractivity contribution in [3.63, 3.8) is 0 Å². The highest BCUT2D eigenvalue weighted by molar-refractivity contribution is 5.41. The van der Waals surface area contributed by atoms with E-state index in [-0.39, 0.29) is 12.1 Å². The molecule has 0 spiro atoms. The highest BCUT2D eigenvalue weighted by atomic mass is 19.4. The van der Waals surface area contributed by atoms with Gasteiger partial charge < -0.3 is 0 Å². The summed E-state index contributed by atoms with van der Waals surface area (Å²) in [6.07, 6.45) is -6.66. The molecule has 0 amide bonds. The van der Waals surface area contributed by atoms with Crippen LogP contribution in [0.4, 0.5) is 26.3 Å². The number of nitrogens with zero attached hydrogens (tertiary/aromatic N) is 4. The summed E-state index contributed by atoms with van der Waals surface area (Å²) in [5, 5.41) is 7.43. The lowest BCUT2D eigenvalue weighted by Gasteiger charge is -2.15. The van der Waals surface area contributed by atoms with Crippen molar-refractivity contribution in [1.82, 2.24) is 19.6 Å². The molecule has 1 aromatic carbocycles. The fourth-order valence-electron chi connectivity index (χ4n) is 3.76. The molecule has 0 N–H and O–H groups in total. The second kappa shape index (κ2) is 7.17. The Morgan fingerprint density at radius 1 is 0.900 bits per heavy atom. The van der Waals surface area contributed by atoms with Crippen LogP contribution in [-0.4, -0.2) is 19.6 Å². The van der Waals surface area contributed by atoms with Gasteiger partial charge >= 0.3 is 12.4 Å². The lowest BCUT2D eigenvalue weighted by atomic mass is 9.95. The third-order valence-electron chi connectivity index (χ3n) is 5.23. The molecule has 2 heterocycles. The molecule has 0 aliphatic heterocycles. The molecular weight excluding hydrogens is 410 g/mol. The van der Waals surface area contributed by atoms with Crippen molar-refractivity contribution in [3.05, 3.63) is 64.2 Å². The Bertz CT molecular complexity index is 1060. The van der Waals surface area contributed by atoms with E-state index in [1.807, 2.05) is 0 Å². The van der Waals surface area contributed by atoms with Crippen LogP contribution in [0.2, 0.25) is 0 Å². The smallest absolute Gasteiger partial charge is 0.265 e. The van der Waals surface area contributed by atoms with Gasteiger partial charge in [-0.25, -0.2) is 4.68 Å². The molecule has 0 unspecified atom stereocenters. The first-order chi connectivity index (χ1) is 14.0. The number of aryl methyl sites for hydroxylation is 1. The molecule has 4 rings (SSSR count). The number of halogens is 6. The molecule has 4 nitrogen and oxygen atoms in total. The Hall–Kier alpha value is -2.78. The SMILES string of the molecule is Cc1cc(C(F)(F)F)nn1Cc1ccc(-n2nc(C(F)(F)F)c3c2CCCC3)cc1. The van der Waals surface area contributed by atoms with Crippen molar-refractivity contribution >= 4 is 0 Å². The van der Waals surface area contributed by atoms with Gasteiger partial charge in [-0.1, -0.05) is 12.1 Å². The maximum atomic E-state index is 13.4. The van der Waals surface area contributed by atoms with Gasteiger partial charge in [0.1, 0.15) is 0 Å². The zero-order valence-corrected chi connectivity index (χ0v) is 16.0. The molecule has 0 fully saturated rings. The molecule has 0 atom stereocenters. The monoisotopic (exact) mass is 428 g/mol. The number of alkyl halides is 6. The molecule has 1 aliphatic carbocycles. The molecule has 0 radical (unpaired) electrons. The van der Waals surface area contributed by atoms with Crippen LogP contribution in [0.25, 0.3) is 5.69 Å². The van der Waals surface area contributed by atoms with Gasteiger partial charge in [-0.2, -0.15) is 36.5 Å². The van der Waals surface area contributed by atoms with E-state index in [2.05, 4.69) is 10.2 Å². The molecule has 160 valence electrons. The van der Waals surface area contributed by atoms with Gasteiger partial charge in [-0.3, -0.25) is 4.68 Å². The van der Waals surface area contributed by atoms with E-state index in [9.17, 15) is 26.3 Å². The minimum absolute atomic E-state index is 0.118. The van der Waals surface area contributed by atoms with Crippen LogP contribution >= 0.6 is 0 Å². The van der Waals surface area contributed by atoms with E-state index in [0.29, 0.717) is 41.9 Å². The van der Waals surface area contributed by atoms with E-state index >= 15 is 0 Å². The van der Waals surface area contributed by atoms with Crippen LogP contribution < -0.4 is 0 Å². The summed E-state index contributed by atoms with van der Waals surface area (Å²) in [5.41, 5.74) is 0.551. The fourth-order valence-corrected chi connectivity index (χ4v) is 3.76. The summed E-state index contributed by atoms with van der Waals surface area (Å²) >= 11 is 0. The normalized spacial score (nSPS) is 14.8. The third-order valence-corrected chi connectivity index (χ3v) is 5.23. The predicted molar refractivity (Wildman–Crippen MR) is 96.3 cm³/mol. The molecule has 0 saturated carbocycles.